The molecule has 0 radical (unpaired) electrons. The Labute approximate surface area is 133 Å². The van der Waals surface area contributed by atoms with Crippen molar-refractivity contribution in [1.82, 2.24) is 9.88 Å². The fourth-order valence-corrected chi connectivity index (χ4v) is 3.71. The van der Waals surface area contributed by atoms with Gasteiger partial charge in [-0.1, -0.05) is 18.2 Å². The zero-order valence-electron chi connectivity index (χ0n) is 12.1. The molecule has 1 aromatic heterocycles. The summed E-state index contributed by atoms with van der Waals surface area (Å²) in [4.78, 5) is 21.1. The minimum absolute atomic E-state index is 0.106. The normalized spacial score (nSPS) is 20.6. The van der Waals surface area contributed by atoms with Crippen LogP contribution in [-0.4, -0.2) is 48.1 Å². The Hall–Kier alpha value is -2.08. The lowest BCUT2D eigenvalue weighted by Crippen LogP contribution is -2.52. The molecule has 2 aliphatic rings. The van der Waals surface area contributed by atoms with Gasteiger partial charge in [-0.25, -0.2) is 4.98 Å². The molecule has 1 aromatic carbocycles. The first-order chi connectivity index (χ1) is 10.8. The molecular weight excluding hydrogens is 298 g/mol. The number of carbonyl (C=O) groups excluding carboxylic acids is 1. The standard InChI is InChI=1S/C16H17N3O2S/c20-15(14-11-12-3-1-2-4-13(12)21-14)18-6-8-19(9-7-18)16-17-5-10-22-16/h1-5,10,14H,6-9,11H2/t14-/m1/s1. The average molecular weight is 315 g/mol. The van der Waals surface area contributed by atoms with Crippen LogP contribution in [0.15, 0.2) is 35.8 Å². The minimum Gasteiger partial charge on any atom is -0.480 e. The molecule has 6 heteroatoms. The molecule has 0 unspecified atom stereocenters. The smallest absolute Gasteiger partial charge is 0.264 e. The topological polar surface area (TPSA) is 45.7 Å². The number of piperazine rings is 1. The highest BCUT2D eigenvalue weighted by molar-refractivity contribution is 7.13. The molecule has 1 saturated heterocycles. The van der Waals surface area contributed by atoms with E-state index < -0.39 is 0 Å². The van der Waals surface area contributed by atoms with Crippen molar-refractivity contribution < 1.29 is 9.53 Å². The highest BCUT2D eigenvalue weighted by Crippen LogP contribution is 2.29. The third kappa shape index (κ3) is 2.43. The van der Waals surface area contributed by atoms with Crippen LogP contribution >= 0.6 is 11.3 Å². The Morgan fingerprint density at radius 1 is 1.23 bits per heavy atom. The number of amides is 1. The summed E-state index contributed by atoms with van der Waals surface area (Å²) in [6.07, 6.45) is 2.15. The average Bonchev–Trinajstić information content (AvgIpc) is 3.23. The van der Waals surface area contributed by atoms with E-state index in [0.29, 0.717) is 6.42 Å². The molecule has 3 heterocycles. The van der Waals surface area contributed by atoms with E-state index in [0.717, 1.165) is 42.6 Å². The number of carbonyl (C=O) groups is 1. The van der Waals surface area contributed by atoms with Crippen molar-refractivity contribution >= 4 is 22.4 Å². The van der Waals surface area contributed by atoms with Crippen LogP contribution in [0.3, 0.4) is 0 Å². The molecule has 2 aliphatic heterocycles. The van der Waals surface area contributed by atoms with E-state index in [-0.39, 0.29) is 12.0 Å². The van der Waals surface area contributed by atoms with Crippen molar-refractivity contribution in [2.24, 2.45) is 0 Å². The fourth-order valence-electron chi connectivity index (χ4n) is 3.01. The van der Waals surface area contributed by atoms with Gasteiger partial charge in [-0.05, 0) is 11.6 Å². The molecule has 0 bridgehead atoms. The second kappa shape index (κ2) is 5.61. The summed E-state index contributed by atoms with van der Waals surface area (Å²) in [5, 5.41) is 3.02. The predicted molar refractivity (Wildman–Crippen MR) is 85.5 cm³/mol. The van der Waals surface area contributed by atoms with Gasteiger partial charge in [-0.2, -0.15) is 0 Å². The molecule has 114 valence electrons. The van der Waals surface area contributed by atoms with Crippen LogP contribution in [0.4, 0.5) is 5.13 Å². The summed E-state index contributed by atoms with van der Waals surface area (Å²) >= 11 is 1.64. The summed E-state index contributed by atoms with van der Waals surface area (Å²) in [6.45, 7) is 3.13. The third-order valence-electron chi connectivity index (χ3n) is 4.20. The molecule has 1 fully saturated rings. The summed E-state index contributed by atoms with van der Waals surface area (Å²) < 4.78 is 5.81. The Morgan fingerprint density at radius 3 is 2.77 bits per heavy atom. The number of anilines is 1. The van der Waals surface area contributed by atoms with E-state index >= 15 is 0 Å². The van der Waals surface area contributed by atoms with Crippen LogP contribution in [0.2, 0.25) is 0 Å². The number of para-hydroxylation sites is 1. The van der Waals surface area contributed by atoms with Gasteiger partial charge in [-0.15, -0.1) is 11.3 Å². The van der Waals surface area contributed by atoms with Crippen molar-refractivity contribution in [2.75, 3.05) is 31.1 Å². The van der Waals surface area contributed by atoms with Gasteiger partial charge in [0.15, 0.2) is 11.2 Å². The van der Waals surface area contributed by atoms with Gasteiger partial charge >= 0.3 is 0 Å². The van der Waals surface area contributed by atoms with Crippen LogP contribution < -0.4 is 9.64 Å². The van der Waals surface area contributed by atoms with E-state index in [1.807, 2.05) is 40.7 Å². The summed E-state index contributed by atoms with van der Waals surface area (Å²) in [6, 6.07) is 7.90. The van der Waals surface area contributed by atoms with Crippen LogP contribution in [0.1, 0.15) is 5.56 Å². The quantitative estimate of drug-likeness (QED) is 0.848. The number of fused-ring (bicyclic) bond motifs is 1. The van der Waals surface area contributed by atoms with Crippen molar-refractivity contribution in [2.45, 2.75) is 12.5 Å². The Bertz CT molecular complexity index is 641. The van der Waals surface area contributed by atoms with Crippen LogP contribution in [0.25, 0.3) is 0 Å². The second-order valence-corrected chi connectivity index (χ2v) is 6.42. The van der Waals surface area contributed by atoms with Crippen LogP contribution in [0.5, 0.6) is 5.75 Å². The monoisotopic (exact) mass is 315 g/mol. The number of aromatic nitrogens is 1. The number of hydrogen-bond donors (Lipinski definition) is 0. The molecule has 0 spiro atoms. The number of nitrogens with zero attached hydrogens (tertiary/aromatic N) is 3. The maximum atomic E-state index is 12.6. The van der Waals surface area contributed by atoms with E-state index in [2.05, 4.69) is 9.88 Å². The Morgan fingerprint density at radius 2 is 2.05 bits per heavy atom. The van der Waals surface area contributed by atoms with E-state index in [4.69, 9.17) is 4.74 Å². The zero-order valence-corrected chi connectivity index (χ0v) is 13.0. The molecule has 22 heavy (non-hydrogen) atoms. The van der Waals surface area contributed by atoms with Gasteiger partial charge < -0.3 is 14.5 Å². The third-order valence-corrected chi connectivity index (χ3v) is 5.04. The highest BCUT2D eigenvalue weighted by atomic mass is 32.1. The molecule has 0 saturated carbocycles. The van der Waals surface area contributed by atoms with Gasteiger partial charge in [0.1, 0.15) is 5.75 Å². The summed E-state index contributed by atoms with van der Waals surface area (Å²) in [5.41, 5.74) is 1.13. The number of thiazole rings is 1. The van der Waals surface area contributed by atoms with Crippen molar-refractivity contribution in [3.63, 3.8) is 0 Å². The number of ether oxygens (including phenoxy) is 1. The van der Waals surface area contributed by atoms with Gasteiger partial charge in [0, 0.05) is 44.2 Å². The van der Waals surface area contributed by atoms with Gasteiger partial charge in [0.05, 0.1) is 0 Å². The van der Waals surface area contributed by atoms with Gasteiger partial charge in [0.25, 0.3) is 5.91 Å². The maximum Gasteiger partial charge on any atom is 0.264 e. The Balaban J connectivity index is 1.37. The van der Waals surface area contributed by atoms with E-state index in [1.165, 1.54) is 0 Å². The van der Waals surface area contributed by atoms with Crippen molar-refractivity contribution in [1.29, 1.82) is 0 Å². The van der Waals surface area contributed by atoms with Crippen molar-refractivity contribution in [3.05, 3.63) is 41.4 Å². The van der Waals surface area contributed by atoms with E-state index in [9.17, 15) is 4.79 Å². The first kappa shape index (κ1) is 13.6. The lowest BCUT2D eigenvalue weighted by atomic mass is 10.1. The molecule has 0 N–H and O–H groups in total. The minimum atomic E-state index is -0.358. The summed E-state index contributed by atoms with van der Waals surface area (Å²) in [7, 11) is 0. The molecule has 2 aromatic rings. The molecule has 4 rings (SSSR count). The Kier molecular flexibility index (Phi) is 3.46. The molecule has 5 nitrogen and oxygen atoms in total. The van der Waals surface area contributed by atoms with Crippen molar-refractivity contribution in [3.8, 4) is 5.75 Å². The van der Waals surface area contributed by atoms with Gasteiger partial charge in [-0.3, -0.25) is 4.79 Å². The fraction of sp³-hybridized carbons (Fsp3) is 0.375. The van der Waals surface area contributed by atoms with Crippen LogP contribution in [-0.2, 0) is 11.2 Å². The van der Waals surface area contributed by atoms with Crippen LogP contribution in [0, 0.1) is 0 Å². The number of benzene rings is 1. The SMILES string of the molecule is O=C([C@H]1Cc2ccccc2O1)N1CCN(c2nccs2)CC1. The zero-order chi connectivity index (χ0) is 14.9. The lowest BCUT2D eigenvalue weighted by Gasteiger charge is -2.35. The maximum absolute atomic E-state index is 12.6. The molecule has 0 aliphatic carbocycles. The second-order valence-electron chi connectivity index (χ2n) is 5.55. The predicted octanol–water partition coefficient (Wildman–Crippen LogP) is 1.80. The van der Waals surface area contributed by atoms with Gasteiger partial charge in [0.2, 0.25) is 0 Å². The number of rotatable bonds is 2. The molecule has 1 amide bonds. The number of hydrogen-bond acceptors (Lipinski definition) is 5. The first-order valence-corrected chi connectivity index (χ1v) is 8.37. The lowest BCUT2D eigenvalue weighted by molar-refractivity contribution is -0.138. The highest BCUT2D eigenvalue weighted by Gasteiger charge is 2.33. The molecule has 1 atom stereocenters. The largest absolute Gasteiger partial charge is 0.480 e. The van der Waals surface area contributed by atoms with E-state index in [1.54, 1.807) is 11.3 Å². The molecular formula is C16H17N3O2S. The summed E-state index contributed by atoms with van der Waals surface area (Å²) in [5.74, 6) is 0.956. The first-order valence-electron chi connectivity index (χ1n) is 7.49.